The summed E-state index contributed by atoms with van der Waals surface area (Å²) < 4.78 is 1.85. The third-order valence-electron chi connectivity index (χ3n) is 4.31. The standard InChI is InChI=1S/C18H23N3O/c1-3-21-12-14(11-19-21)10-17(22)20-18(15-8-9-15)16-7-5-4-6-13(16)2/h4-7,11-12,15,18H,3,8-10H2,1-2H3,(H,20,22)/t18-/m1/s1. The second kappa shape index (κ2) is 6.34. The second-order valence-electron chi connectivity index (χ2n) is 6.12. The van der Waals surface area contributed by atoms with Crippen LogP contribution in [0.15, 0.2) is 36.7 Å². The Morgan fingerprint density at radius 1 is 1.41 bits per heavy atom. The summed E-state index contributed by atoms with van der Waals surface area (Å²) in [7, 11) is 0. The Hall–Kier alpha value is -2.10. The van der Waals surface area contributed by atoms with E-state index in [0.29, 0.717) is 12.3 Å². The highest BCUT2D eigenvalue weighted by Crippen LogP contribution is 2.41. The van der Waals surface area contributed by atoms with Crippen LogP contribution in [0, 0.1) is 12.8 Å². The van der Waals surface area contributed by atoms with Gasteiger partial charge in [0.2, 0.25) is 5.91 Å². The van der Waals surface area contributed by atoms with Gasteiger partial charge in [0.05, 0.1) is 18.7 Å². The van der Waals surface area contributed by atoms with Crippen LogP contribution in [0.3, 0.4) is 0 Å². The first-order valence-electron chi connectivity index (χ1n) is 8.03. The van der Waals surface area contributed by atoms with Crippen molar-refractivity contribution in [1.29, 1.82) is 0 Å². The number of carbonyl (C=O) groups is 1. The normalized spacial score (nSPS) is 15.5. The highest BCUT2D eigenvalue weighted by molar-refractivity contribution is 5.79. The van der Waals surface area contributed by atoms with Gasteiger partial charge in [0.1, 0.15) is 0 Å². The van der Waals surface area contributed by atoms with Crippen LogP contribution in [0.25, 0.3) is 0 Å². The largest absolute Gasteiger partial charge is 0.349 e. The summed E-state index contributed by atoms with van der Waals surface area (Å²) >= 11 is 0. The minimum atomic E-state index is 0.0795. The van der Waals surface area contributed by atoms with Gasteiger partial charge in [-0.1, -0.05) is 24.3 Å². The lowest BCUT2D eigenvalue weighted by Gasteiger charge is -2.20. The Morgan fingerprint density at radius 2 is 2.18 bits per heavy atom. The summed E-state index contributed by atoms with van der Waals surface area (Å²) in [5.74, 6) is 0.666. The van der Waals surface area contributed by atoms with Crippen molar-refractivity contribution >= 4 is 5.91 Å². The topological polar surface area (TPSA) is 46.9 Å². The van der Waals surface area contributed by atoms with E-state index in [1.54, 1.807) is 6.20 Å². The van der Waals surface area contributed by atoms with Crippen LogP contribution in [0.4, 0.5) is 0 Å². The smallest absolute Gasteiger partial charge is 0.225 e. The molecule has 4 heteroatoms. The van der Waals surface area contributed by atoms with Crippen molar-refractivity contribution in [3.8, 4) is 0 Å². The molecule has 0 unspecified atom stereocenters. The number of amides is 1. The van der Waals surface area contributed by atoms with E-state index in [2.05, 4.69) is 35.5 Å². The highest BCUT2D eigenvalue weighted by Gasteiger charge is 2.34. The summed E-state index contributed by atoms with van der Waals surface area (Å²) in [6.45, 7) is 4.98. The molecular weight excluding hydrogens is 274 g/mol. The Kier molecular flexibility index (Phi) is 4.27. The van der Waals surface area contributed by atoms with Crippen LogP contribution in [-0.2, 0) is 17.8 Å². The first-order chi connectivity index (χ1) is 10.7. The van der Waals surface area contributed by atoms with E-state index in [-0.39, 0.29) is 11.9 Å². The molecule has 116 valence electrons. The lowest BCUT2D eigenvalue weighted by molar-refractivity contribution is -0.121. The number of aromatic nitrogens is 2. The molecule has 4 nitrogen and oxygen atoms in total. The van der Waals surface area contributed by atoms with Gasteiger partial charge in [0.25, 0.3) is 0 Å². The van der Waals surface area contributed by atoms with Gasteiger partial charge in [-0.05, 0) is 49.3 Å². The number of aryl methyl sites for hydroxylation is 2. The molecule has 1 aromatic heterocycles. The van der Waals surface area contributed by atoms with Gasteiger partial charge in [-0.2, -0.15) is 5.10 Å². The Balaban J connectivity index is 1.69. The Morgan fingerprint density at radius 3 is 2.82 bits per heavy atom. The molecule has 1 atom stereocenters. The molecule has 1 fully saturated rings. The van der Waals surface area contributed by atoms with Crippen molar-refractivity contribution in [1.82, 2.24) is 15.1 Å². The predicted molar refractivity (Wildman–Crippen MR) is 86.4 cm³/mol. The number of benzene rings is 1. The molecule has 22 heavy (non-hydrogen) atoms. The zero-order valence-electron chi connectivity index (χ0n) is 13.2. The molecule has 0 spiro atoms. The quantitative estimate of drug-likeness (QED) is 0.891. The number of hydrogen-bond donors (Lipinski definition) is 1. The van der Waals surface area contributed by atoms with Crippen molar-refractivity contribution in [3.05, 3.63) is 53.3 Å². The Labute approximate surface area is 131 Å². The molecule has 1 heterocycles. The van der Waals surface area contributed by atoms with Crippen molar-refractivity contribution in [2.45, 2.75) is 45.7 Å². The molecule has 2 aromatic rings. The fraction of sp³-hybridized carbons (Fsp3) is 0.444. The van der Waals surface area contributed by atoms with Crippen LogP contribution >= 0.6 is 0 Å². The lowest BCUT2D eigenvalue weighted by Crippen LogP contribution is -2.31. The third-order valence-corrected chi connectivity index (χ3v) is 4.31. The molecule has 1 N–H and O–H groups in total. The van der Waals surface area contributed by atoms with Crippen molar-refractivity contribution in [2.75, 3.05) is 0 Å². The molecule has 1 aliphatic carbocycles. The summed E-state index contributed by atoms with van der Waals surface area (Å²) in [5.41, 5.74) is 3.47. The van der Waals surface area contributed by atoms with Gasteiger partial charge < -0.3 is 5.32 Å². The molecule has 1 aromatic carbocycles. The SMILES string of the molecule is CCn1cc(CC(=O)N[C@@H](c2ccccc2C)C2CC2)cn1. The lowest BCUT2D eigenvalue weighted by atomic mass is 9.97. The average Bonchev–Trinajstić information content (AvgIpc) is 3.26. The minimum absolute atomic E-state index is 0.0795. The summed E-state index contributed by atoms with van der Waals surface area (Å²) in [4.78, 5) is 12.4. The molecule has 0 saturated heterocycles. The van der Waals surface area contributed by atoms with E-state index in [9.17, 15) is 4.79 Å². The maximum Gasteiger partial charge on any atom is 0.225 e. The Bertz CT molecular complexity index is 658. The zero-order valence-corrected chi connectivity index (χ0v) is 13.2. The van der Waals surface area contributed by atoms with Crippen LogP contribution in [0.1, 0.15) is 42.5 Å². The molecule has 0 bridgehead atoms. The number of hydrogen-bond acceptors (Lipinski definition) is 2. The number of rotatable bonds is 6. The minimum Gasteiger partial charge on any atom is -0.349 e. The zero-order chi connectivity index (χ0) is 15.5. The first kappa shape index (κ1) is 14.8. The fourth-order valence-corrected chi connectivity index (χ4v) is 2.90. The van der Waals surface area contributed by atoms with Gasteiger partial charge in [-0.25, -0.2) is 0 Å². The molecule has 0 aliphatic heterocycles. The van der Waals surface area contributed by atoms with Gasteiger partial charge >= 0.3 is 0 Å². The summed E-state index contributed by atoms with van der Waals surface area (Å²) in [5, 5.41) is 7.46. The fourth-order valence-electron chi connectivity index (χ4n) is 2.90. The van der Waals surface area contributed by atoms with Gasteiger partial charge in [-0.3, -0.25) is 9.48 Å². The van der Waals surface area contributed by atoms with Crippen molar-refractivity contribution < 1.29 is 4.79 Å². The van der Waals surface area contributed by atoms with E-state index >= 15 is 0 Å². The maximum absolute atomic E-state index is 12.4. The second-order valence-corrected chi connectivity index (χ2v) is 6.12. The first-order valence-corrected chi connectivity index (χ1v) is 8.03. The molecule has 1 saturated carbocycles. The van der Waals surface area contributed by atoms with E-state index in [1.165, 1.54) is 24.0 Å². The van der Waals surface area contributed by atoms with Crippen LogP contribution in [0.5, 0.6) is 0 Å². The van der Waals surface area contributed by atoms with Crippen LogP contribution in [-0.4, -0.2) is 15.7 Å². The molecular formula is C18H23N3O. The van der Waals surface area contributed by atoms with Crippen molar-refractivity contribution in [3.63, 3.8) is 0 Å². The number of nitrogens with zero attached hydrogens (tertiary/aromatic N) is 2. The van der Waals surface area contributed by atoms with Gasteiger partial charge in [0, 0.05) is 12.7 Å². The number of nitrogens with one attached hydrogen (secondary N) is 1. The highest BCUT2D eigenvalue weighted by atomic mass is 16.1. The van der Waals surface area contributed by atoms with Gasteiger partial charge in [-0.15, -0.1) is 0 Å². The van der Waals surface area contributed by atoms with Gasteiger partial charge in [0.15, 0.2) is 0 Å². The molecule has 3 rings (SSSR count). The van der Waals surface area contributed by atoms with E-state index in [0.717, 1.165) is 12.1 Å². The van der Waals surface area contributed by atoms with E-state index < -0.39 is 0 Å². The third kappa shape index (κ3) is 3.38. The number of carbonyl (C=O) groups excluding carboxylic acids is 1. The molecule has 0 radical (unpaired) electrons. The monoisotopic (exact) mass is 297 g/mol. The van der Waals surface area contributed by atoms with Crippen LogP contribution < -0.4 is 5.32 Å². The van der Waals surface area contributed by atoms with E-state index in [4.69, 9.17) is 0 Å². The molecule has 1 aliphatic rings. The molecule has 1 amide bonds. The average molecular weight is 297 g/mol. The summed E-state index contributed by atoms with van der Waals surface area (Å²) in [6, 6.07) is 8.49. The summed E-state index contributed by atoms with van der Waals surface area (Å²) in [6.07, 6.45) is 6.53. The predicted octanol–water partition coefficient (Wildman–Crippen LogP) is 3.02. The van der Waals surface area contributed by atoms with Crippen LogP contribution in [0.2, 0.25) is 0 Å². The van der Waals surface area contributed by atoms with Crippen molar-refractivity contribution in [2.24, 2.45) is 5.92 Å². The van der Waals surface area contributed by atoms with E-state index in [1.807, 2.05) is 23.9 Å². The maximum atomic E-state index is 12.4.